The van der Waals surface area contributed by atoms with Crippen molar-refractivity contribution in [3.8, 4) is 0 Å². The standard InChI is InChI=1S/C29H32N4O4S/c1-20-6-8-22(9-7-20)28-25-12-17-38-26(25)10-13-30(28)14-11-27(34)31-15-16-32(21(2)19-31)29(35)23-4-3-5-24(18-23)33(36)37/h3-9,12,17-18,21,28H,10-11,13-16,19H2,1-2H3/t21-,28-/m0/s1. The minimum Gasteiger partial charge on any atom is -0.339 e. The summed E-state index contributed by atoms with van der Waals surface area (Å²) in [5.74, 6) is -0.146. The van der Waals surface area contributed by atoms with Crippen LogP contribution in [0.2, 0.25) is 0 Å². The number of non-ortho nitro benzene ring substituents is 1. The van der Waals surface area contributed by atoms with E-state index in [1.54, 1.807) is 11.0 Å². The zero-order valence-corrected chi connectivity index (χ0v) is 22.5. The lowest BCUT2D eigenvalue weighted by molar-refractivity contribution is -0.384. The van der Waals surface area contributed by atoms with Crippen molar-refractivity contribution < 1.29 is 14.5 Å². The summed E-state index contributed by atoms with van der Waals surface area (Å²) >= 11 is 1.81. The van der Waals surface area contributed by atoms with Crippen LogP contribution in [0.1, 0.15) is 51.3 Å². The van der Waals surface area contributed by atoms with Gasteiger partial charge < -0.3 is 9.80 Å². The lowest BCUT2D eigenvalue weighted by Crippen LogP contribution is -2.55. The molecule has 0 saturated carbocycles. The van der Waals surface area contributed by atoms with E-state index in [4.69, 9.17) is 0 Å². The first-order valence-electron chi connectivity index (χ1n) is 13.0. The predicted octanol–water partition coefficient (Wildman–Crippen LogP) is 4.68. The van der Waals surface area contributed by atoms with Crippen LogP contribution in [0.5, 0.6) is 0 Å². The highest BCUT2D eigenvalue weighted by atomic mass is 32.1. The second kappa shape index (κ2) is 11.0. The molecule has 0 aliphatic carbocycles. The summed E-state index contributed by atoms with van der Waals surface area (Å²) in [6.07, 6.45) is 1.42. The molecule has 2 aliphatic heterocycles. The van der Waals surface area contributed by atoms with E-state index in [0.29, 0.717) is 38.2 Å². The van der Waals surface area contributed by atoms with Crippen molar-refractivity contribution in [3.05, 3.63) is 97.2 Å². The Hall–Kier alpha value is -3.56. The third kappa shape index (κ3) is 5.35. The van der Waals surface area contributed by atoms with Crippen LogP contribution in [0.25, 0.3) is 0 Å². The molecule has 9 heteroatoms. The minimum absolute atomic E-state index is 0.0954. The maximum Gasteiger partial charge on any atom is 0.270 e. The average molecular weight is 533 g/mol. The third-order valence-corrected chi connectivity index (χ3v) is 8.61. The quantitative estimate of drug-likeness (QED) is 0.340. The van der Waals surface area contributed by atoms with E-state index in [0.717, 1.165) is 13.0 Å². The highest BCUT2D eigenvalue weighted by molar-refractivity contribution is 7.10. The molecule has 8 nitrogen and oxygen atoms in total. The Morgan fingerprint density at radius 1 is 1.08 bits per heavy atom. The molecule has 1 fully saturated rings. The molecular formula is C29H32N4O4S. The minimum atomic E-state index is -0.498. The molecule has 2 aromatic carbocycles. The second-order valence-corrected chi connectivity index (χ2v) is 11.1. The number of nitro groups is 1. The fraction of sp³-hybridized carbons (Fsp3) is 0.379. The third-order valence-electron chi connectivity index (χ3n) is 7.62. The molecule has 198 valence electrons. The Bertz CT molecular complexity index is 1340. The van der Waals surface area contributed by atoms with Crippen molar-refractivity contribution in [1.29, 1.82) is 0 Å². The van der Waals surface area contributed by atoms with Gasteiger partial charge in [-0.05, 0) is 48.9 Å². The molecule has 0 N–H and O–H groups in total. The summed E-state index contributed by atoms with van der Waals surface area (Å²) in [5, 5.41) is 13.3. The van der Waals surface area contributed by atoms with Crippen LogP contribution in [-0.2, 0) is 11.2 Å². The first-order chi connectivity index (χ1) is 18.3. The van der Waals surface area contributed by atoms with Crippen LogP contribution < -0.4 is 0 Å². The molecule has 38 heavy (non-hydrogen) atoms. The number of carbonyl (C=O) groups is 2. The van der Waals surface area contributed by atoms with Crippen molar-refractivity contribution >= 4 is 28.8 Å². The molecule has 2 atom stereocenters. The number of aryl methyl sites for hydroxylation is 1. The molecule has 2 aliphatic rings. The van der Waals surface area contributed by atoms with Crippen molar-refractivity contribution in [2.45, 2.75) is 38.8 Å². The number of nitrogens with zero attached hydrogens (tertiary/aromatic N) is 4. The fourth-order valence-corrected chi connectivity index (χ4v) is 6.45. The lowest BCUT2D eigenvalue weighted by Gasteiger charge is -2.40. The van der Waals surface area contributed by atoms with Gasteiger partial charge in [0.1, 0.15) is 0 Å². The molecule has 0 bridgehead atoms. The number of amides is 2. The topological polar surface area (TPSA) is 87.0 Å². The van der Waals surface area contributed by atoms with Crippen LogP contribution >= 0.6 is 11.3 Å². The molecule has 0 radical (unpaired) electrons. The number of benzene rings is 2. The highest BCUT2D eigenvalue weighted by Crippen LogP contribution is 2.38. The van der Waals surface area contributed by atoms with E-state index in [1.165, 1.54) is 39.8 Å². The maximum atomic E-state index is 13.3. The van der Waals surface area contributed by atoms with E-state index >= 15 is 0 Å². The zero-order chi connectivity index (χ0) is 26.8. The molecule has 1 aromatic heterocycles. The highest BCUT2D eigenvalue weighted by Gasteiger charge is 2.33. The van der Waals surface area contributed by atoms with Gasteiger partial charge in [0.25, 0.3) is 11.6 Å². The molecule has 5 rings (SSSR count). The van der Waals surface area contributed by atoms with Gasteiger partial charge in [-0.1, -0.05) is 35.9 Å². The average Bonchev–Trinajstić information content (AvgIpc) is 3.40. The van der Waals surface area contributed by atoms with Crippen LogP contribution in [0.3, 0.4) is 0 Å². The van der Waals surface area contributed by atoms with Crippen molar-refractivity contribution in [2.24, 2.45) is 0 Å². The number of hydrogen-bond acceptors (Lipinski definition) is 6. The van der Waals surface area contributed by atoms with E-state index in [2.05, 4.69) is 47.5 Å². The number of carbonyl (C=O) groups excluding carboxylic acids is 2. The van der Waals surface area contributed by atoms with Gasteiger partial charge in [0.2, 0.25) is 5.91 Å². The van der Waals surface area contributed by atoms with Gasteiger partial charge >= 0.3 is 0 Å². The monoisotopic (exact) mass is 532 g/mol. The van der Waals surface area contributed by atoms with Gasteiger partial charge in [-0.15, -0.1) is 11.3 Å². The summed E-state index contributed by atoms with van der Waals surface area (Å²) in [4.78, 5) is 44.3. The summed E-state index contributed by atoms with van der Waals surface area (Å²) < 4.78 is 0. The second-order valence-electron chi connectivity index (χ2n) is 10.1. The Morgan fingerprint density at radius 3 is 2.61 bits per heavy atom. The molecule has 2 amide bonds. The smallest absolute Gasteiger partial charge is 0.270 e. The molecule has 3 aromatic rings. The van der Waals surface area contributed by atoms with Gasteiger partial charge in [0.05, 0.1) is 11.0 Å². The summed E-state index contributed by atoms with van der Waals surface area (Å²) in [5.41, 5.74) is 4.03. The first kappa shape index (κ1) is 26.1. The van der Waals surface area contributed by atoms with Gasteiger partial charge in [-0.25, -0.2) is 0 Å². The van der Waals surface area contributed by atoms with E-state index < -0.39 is 4.92 Å². The molecule has 3 heterocycles. The summed E-state index contributed by atoms with van der Waals surface area (Å²) in [7, 11) is 0. The largest absolute Gasteiger partial charge is 0.339 e. The summed E-state index contributed by atoms with van der Waals surface area (Å²) in [6, 6.07) is 16.7. The fourth-order valence-electron chi connectivity index (χ4n) is 5.55. The SMILES string of the molecule is Cc1ccc([C@H]2c3ccsc3CCN2CCC(=O)N2CCN(C(=O)c3cccc([N+](=O)[O-])c3)[C@@H](C)C2)cc1. The first-order valence-corrected chi connectivity index (χ1v) is 13.9. The number of fused-ring (bicyclic) bond motifs is 1. The van der Waals surface area contributed by atoms with Gasteiger partial charge in [-0.2, -0.15) is 0 Å². The van der Waals surface area contributed by atoms with Crippen molar-refractivity contribution in [2.75, 3.05) is 32.7 Å². The van der Waals surface area contributed by atoms with Crippen LogP contribution in [0, 0.1) is 17.0 Å². The van der Waals surface area contributed by atoms with Crippen molar-refractivity contribution in [1.82, 2.24) is 14.7 Å². The lowest BCUT2D eigenvalue weighted by atomic mass is 9.92. The Kier molecular flexibility index (Phi) is 7.58. The maximum absolute atomic E-state index is 13.3. The summed E-state index contributed by atoms with van der Waals surface area (Å²) in [6.45, 7) is 6.92. The van der Waals surface area contributed by atoms with E-state index in [1.807, 2.05) is 23.2 Å². The van der Waals surface area contributed by atoms with Gasteiger partial charge in [-0.3, -0.25) is 24.6 Å². The normalized spacial score (nSPS) is 19.7. The van der Waals surface area contributed by atoms with Crippen molar-refractivity contribution in [3.63, 3.8) is 0 Å². The van der Waals surface area contributed by atoms with Gasteiger partial charge in [0.15, 0.2) is 0 Å². The van der Waals surface area contributed by atoms with Crippen LogP contribution in [0.4, 0.5) is 5.69 Å². The predicted molar refractivity (Wildman–Crippen MR) is 147 cm³/mol. The Morgan fingerprint density at radius 2 is 1.87 bits per heavy atom. The molecule has 1 saturated heterocycles. The van der Waals surface area contributed by atoms with Crippen LogP contribution in [-0.4, -0.2) is 70.2 Å². The zero-order valence-electron chi connectivity index (χ0n) is 21.7. The Labute approximate surface area is 226 Å². The van der Waals surface area contributed by atoms with Gasteiger partial charge in [0, 0.05) is 67.8 Å². The number of nitro benzene ring substituents is 1. The van der Waals surface area contributed by atoms with Crippen LogP contribution in [0.15, 0.2) is 60.0 Å². The number of thiophene rings is 1. The molecular weight excluding hydrogens is 500 g/mol. The molecule has 0 spiro atoms. The van der Waals surface area contributed by atoms with E-state index in [9.17, 15) is 19.7 Å². The Balaban J connectivity index is 1.21. The van der Waals surface area contributed by atoms with E-state index in [-0.39, 0.29) is 29.6 Å². The number of hydrogen-bond donors (Lipinski definition) is 0. The number of rotatable bonds is 6. The number of piperazine rings is 1. The molecule has 0 unspecified atom stereocenters.